The zero-order valence-electron chi connectivity index (χ0n) is 12.8. The molecule has 1 saturated carbocycles. The van der Waals surface area contributed by atoms with Gasteiger partial charge in [0.15, 0.2) is 0 Å². The van der Waals surface area contributed by atoms with Crippen LogP contribution in [0.25, 0.3) is 0 Å². The first-order chi connectivity index (χ1) is 10.2. The molecule has 0 aromatic heterocycles. The molecule has 0 spiro atoms. The number of ether oxygens (including phenoxy) is 1. The quantitative estimate of drug-likeness (QED) is 0.906. The zero-order valence-corrected chi connectivity index (χ0v) is 12.8. The van der Waals surface area contributed by atoms with E-state index < -0.39 is 0 Å². The summed E-state index contributed by atoms with van der Waals surface area (Å²) in [6, 6.07) is 14.7. The molecule has 3 rings (SSSR count). The number of benzene rings is 2. The number of methoxy groups -OCH3 is 1. The van der Waals surface area contributed by atoms with E-state index >= 15 is 0 Å². The Morgan fingerprint density at radius 3 is 2.52 bits per heavy atom. The van der Waals surface area contributed by atoms with E-state index in [0.717, 1.165) is 11.3 Å². The van der Waals surface area contributed by atoms with E-state index in [4.69, 9.17) is 10.5 Å². The number of aryl methyl sites for hydroxylation is 1. The van der Waals surface area contributed by atoms with Gasteiger partial charge in [-0.25, -0.2) is 0 Å². The maximum absolute atomic E-state index is 6.60. The molecule has 2 nitrogen and oxygen atoms in total. The molecular weight excluding hydrogens is 258 g/mol. The first-order valence-corrected chi connectivity index (χ1v) is 7.69. The van der Waals surface area contributed by atoms with Crippen LogP contribution in [0.3, 0.4) is 0 Å². The summed E-state index contributed by atoms with van der Waals surface area (Å²) < 4.78 is 5.50. The van der Waals surface area contributed by atoms with Crippen LogP contribution < -0.4 is 10.5 Å². The Balaban J connectivity index is 2.02. The van der Waals surface area contributed by atoms with Crippen molar-refractivity contribution < 1.29 is 4.74 Å². The molecule has 0 amide bonds. The average molecular weight is 281 g/mol. The van der Waals surface area contributed by atoms with Crippen molar-refractivity contribution >= 4 is 0 Å². The normalized spacial score (nSPS) is 16.3. The minimum atomic E-state index is -0.128. The molecule has 0 saturated heterocycles. The van der Waals surface area contributed by atoms with Gasteiger partial charge in [-0.2, -0.15) is 0 Å². The first kappa shape index (κ1) is 14.2. The van der Waals surface area contributed by atoms with Gasteiger partial charge in [0.25, 0.3) is 0 Å². The van der Waals surface area contributed by atoms with E-state index in [-0.39, 0.29) is 6.04 Å². The van der Waals surface area contributed by atoms with Crippen molar-refractivity contribution in [1.82, 2.24) is 0 Å². The Morgan fingerprint density at radius 2 is 1.86 bits per heavy atom. The van der Waals surface area contributed by atoms with Crippen LogP contribution in [-0.4, -0.2) is 7.11 Å². The van der Waals surface area contributed by atoms with E-state index in [1.807, 2.05) is 6.07 Å². The molecule has 0 aliphatic heterocycles. The van der Waals surface area contributed by atoms with Crippen molar-refractivity contribution in [1.29, 1.82) is 0 Å². The topological polar surface area (TPSA) is 35.2 Å². The predicted molar refractivity (Wildman–Crippen MR) is 86.8 cm³/mol. The second-order valence-electron chi connectivity index (χ2n) is 5.98. The molecule has 21 heavy (non-hydrogen) atoms. The lowest BCUT2D eigenvalue weighted by molar-refractivity contribution is 0.405. The average Bonchev–Trinajstić information content (AvgIpc) is 2.45. The first-order valence-electron chi connectivity index (χ1n) is 7.69. The van der Waals surface area contributed by atoms with Crippen molar-refractivity contribution in [2.45, 2.75) is 38.1 Å². The Hall–Kier alpha value is -1.80. The lowest BCUT2D eigenvalue weighted by Crippen LogP contribution is -2.19. The summed E-state index contributed by atoms with van der Waals surface area (Å²) in [7, 11) is 1.71. The third-order valence-corrected chi connectivity index (χ3v) is 4.60. The van der Waals surface area contributed by atoms with Crippen molar-refractivity contribution in [2.24, 2.45) is 5.73 Å². The molecule has 110 valence electrons. The molecule has 2 N–H and O–H groups in total. The fraction of sp³-hybridized carbons (Fsp3) is 0.368. The van der Waals surface area contributed by atoms with Crippen molar-refractivity contribution in [3.63, 3.8) is 0 Å². The summed E-state index contributed by atoms with van der Waals surface area (Å²) in [6.45, 7) is 2.09. The number of hydrogen-bond acceptors (Lipinski definition) is 2. The SMILES string of the molecule is COc1ccc(C)cc1C(N)c1ccccc1C1CCC1. The molecule has 2 heteroatoms. The fourth-order valence-electron chi connectivity index (χ4n) is 3.15. The number of hydrogen-bond donors (Lipinski definition) is 1. The molecule has 0 bridgehead atoms. The van der Waals surface area contributed by atoms with Gasteiger partial charge in [0, 0.05) is 5.56 Å². The molecule has 2 aromatic carbocycles. The maximum atomic E-state index is 6.60. The smallest absolute Gasteiger partial charge is 0.123 e. The highest BCUT2D eigenvalue weighted by atomic mass is 16.5. The fourth-order valence-corrected chi connectivity index (χ4v) is 3.15. The monoisotopic (exact) mass is 281 g/mol. The highest BCUT2D eigenvalue weighted by Gasteiger charge is 2.25. The Morgan fingerprint density at radius 1 is 1.10 bits per heavy atom. The van der Waals surface area contributed by atoms with E-state index in [9.17, 15) is 0 Å². The lowest BCUT2D eigenvalue weighted by Gasteiger charge is -2.30. The van der Waals surface area contributed by atoms with Gasteiger partial charge in [-0.15, -0.1) is 0 Å². The van der Waals surface area contributed by atoms with Crippen LogP contribution in [0.5, 0.6) is 5.75 Å². The Bertz CT molecular complexity index is 631. The highest BCUT2D eigenvalue weighted by Crippen LogP contribution is 2.41. The standard InChI is InChI=1S/C19H23NO/c1-13-10-11-18(21-2)17(12-13)19(20)16-9-4-3-8-15(16)14-6-5-7-14/h3-4,8-12,14,19H,5-7,20H2,1-2H3. The lowest BCUT2D eigenvalue weighted by atomic mass is 9.76. The molecule has 1 aliphatic carbocycles. The summed E-state index contributed by atoms with van der Waals surface area (Å²) >= 11 is 0. The zero-order chi connectivity index (χ0) is 14.8. The molecule has 0 radical (unpaired) electrons. The molecule has 1 unspecified atom stereocenters. The van der Waals surface area contributed by atoms with Crippen LogP contribution in [0.1, 0.15) is 53.5 Å². The van der Waals surface area contributed by atoms with Gasteiger partial charge >= 0.3 is 0 Å². The Kier molecular flexibility index (Phi) is 3.98. The van der Waals surface area contributed by atoms with Gasteiger partial charge in [-0.1, -0.05) is 48.4 Å². The van der Waals surface area contributed by atoms with Crippen molar-refractivity contribution in [3.05, 3.63) is 64.7 Å². The van der Waals surface area contributed by atoms with Crippen LogP contribution in [0.4, 0.5) is 0 Å². The number of rotatable bonds is 4. The summed E-state index contributed by atoms with van der Waals surface area (Å²) in [5.74, 6) is 1.56. The van der Waals surface area contributed by atoms with E-state index in [2.05, 4.69) is 43.3 Å². The third-order valence-electron chi connectivity index (χ3n) is 4.60. The molecule has 0 heterocycles. The Labute approximate surface area is 126 Å². The molecule has 1 aliphatic rings. The largest absolute Gasteiger partial charge is 0.496 e. The summed E-state index contributed by atoms with van der Waals surface area (Å²) in [6.07, 6.45) is 3.91. The van der Waals surface area contributed by atoms with Crippen molar-refractivity contribution in [3.8, 4) is 5.75 Å². The highest BCUT2D eigenvalue weighted by molar-refractivity contribution is 5.46. The van der Waals surface area contributed by atoms with Gasteiger partial charge in [0.05, 0.1) is 13.2 Å². The molecule has 1 fully saturated rings. The number of nitrogens with two attached hydrogens (primary N) is 1. The summed E-state index contributed by atoms with van der Waals surface area (Å²) in [4.78, 5) is 0. The van der Waals surface area contributed by atoms with Crippen LogP contribution in [0.15, 0.2) is 42.5 Å². The van der Waals surface area contributed by atoms with Crippen LogP contribution in [0, 0.1) is 6.92 Å². The van der Waals surface area contributed by atoms with Gasteiger partial charge in [-0.3, -0.25) is 0 Å². The molecular formula is C19H23NO. The van der Waals surface area contributed by atoms with Crippen LogP contribution >= 0.6 is 0 Å². The molecule has 2 aromatic rings. The molecule has 1 atom stereocenters. The van der Waals surface area contributed by atoms with E-state index in [1.54, 1.807) is 7.11 Å². The minimum Gasteiger partial charge on any atom is -0.496 e. The maximum Gasteiger partial charge on any atom is 0.123 e. The van der Waals surface area contributed by atoms with E-state index in [0.29, 0.717) is 5.92 Å². The third kappa shape index (κ3) is 2.68. The van der Waals surface area contributed by atoms with Gasteiger partial charge in [0.1, 0.15) is 5.75 Å². The van der Waals surface area contributed by atoms with Gasteiger partial charge in [0.2, 0.25) is 0 Å². The van der Waals surface area contributed by atoms with Crippen LogP contribution in [0.2, 0.25) is 0 Å². The van der Waals surface area contributed by atoms with Gasteiger partial charge in [-0.05, 0) is 42.9 Å². The second kappa shape index (κ2) is 5.90. The van der Waals surface area contributed by atoms with Crippen molar-refractivity contribution in [2.75, 3.05) is 7.11 Å². The van der Waals surface area contributed by atoms with E-state index in [1.165, 1.54) is 36.0 Å². The second-order valence-corrected chi connectivity index (χ2v) is 5.98. The summed E-state index contributed by atoms with van der Waals surface area (Å²) in [5, 5.41) is 0. The predicted octanol–water partition coefficient (Wildman–Crippen LogP) is 4.32. The van der Waals surface area contributed by atoms with Gasteiger partial charge < -0.3 is 10.5 Å². The minimum absolute atomic E-state index is 0.128. The van der Waals surface area contributed by atoms with Crippen LogP contribution in [-0.2, 0) is 0 Å². The summed E-state index contributed by atoms with van der Waals surface area (Å²) in [5.41, 5.74) is 11.5.